The molecule has 0 aliphatic heterocycles. The number of rotatable bonds is 11. The zero-order chi connectivity index (χ0) is 15.5. The first-order valence-electron chi connectivity index (χ1n) is 6.55. The van der Waals surface area contributed by atoms with Gasteiger partial charge in [-0.05, 0) is 17.7 Å². The van der Waals surface area contributed by atoms with Gasteiger partial charge in [0.25, 0.3) is 0 Å². The number of aliphatic hydroxyl groups is 1. The molecule has 1 aromatic carbocycles. The molecule has 0 aromatic heterocycles. The van der Waals surface area contributed by atoms with Gasteiger partial charge in [0, 0.05) is 7.11 Å². The van der Waals surface area contributed by atoms with Crippen LogP contribution in [0.25, 0.3) is 0 Å². The minimum absolute atomic E-state index is 0.0182. The van der Waals surface area contributed by atoms with Crippen LogP contribution in [0, 0.1) is 11.6 Å². The molecule has 0 fully saturated rings. The molecule has 0 unspecified atom stereocenters. The highest BCUT2D eigenvalue weighted by Crippen LogP contribution is 2.23. The van der Waals surface area contributed by atoms with Crippen molar-refractivity contribution >= 4 is 0 Å². The Morgan fingerprint density at radius 3 is 1.95 bits per heavy atom. The Kier molecular flexibility index (Phi) is 8.84. The fourth-order valence-corrected chi connectivity index (χ4v) is 1.51. The molecule has 0 saturated heterocycles. The molecule has 7 heteroatoms. The van der Waals surface area contributed by atoms with E-state index in [1.807, 2.05) is 0 Å². The van der Waals surface area contributed by atoms with Crippen molar-refractivity contribution in [1.82, 2.24) is 0 Å². The van der Waals surface area contributed by atoms with E-state index >= 15 is 0 Å². The summed E-state index contributed by atoms with van der Waals surface area (Å²) in [6, 6.07) is 2.06. The van der Waals surface area contributed by atoms with Gasteiger partial charge in [-0.2, -0.15) is 0 Å². The van der Waals surface area contributed by atoms with Gasteiger partial charge in [-0.25, -0.2) is 8.78 Å². The highest BCUT2D eigenvalue weighted by atomic mass is 19.1. The Balaban J connectivity index is 2.18. The average Bonchev–Trinajstić information content (AvgIpc) is 2.47. The summed E-state index contributed by atoms with van der Waals surface area (Å²) >= 11 is 0. The molecule has 0 aliphatic rings. The third-order valence-corrected chi connectivity index (χ3v) is 2.52. The Labute approximate surface area is 122 Å². The number of benzene rings is 1. The lowest BCUT2D eigenvalue weighted by atomic mass is 10.2. The van der Waals surface area contributed by atoms with Crippen molar-refractivity contribution in [2.24, 2.45) is 0 Å². The van der Waals surface area contributed by atoms with Crippen molar-refractivity contribution in [3.8, 4) is 5.75 Å². The minimum atomic E-state index is -0.845. The summed E-state index contributed by atoms with van der Waals surface area (Å²) in [7, 11) is 1.59. The Morgan fingerprint density at radius 1 is 0.905 bits per heavy atom. The Bertz CT molecular complexity index is 391. The first-order valence-corrected chi connectivity index (χ1v) is 6.55. The predicted molar refractivity (Wildman–Crippen MR) is 71.3 cm³/mol. The second kappa shape index (κ2) is 10.4. The number of hydrogen-bond acceptors (Lipinski definition) is 5. The van der Waals surface area contributed by atoms with Gasteiger partial charge in [0.15, 0.2) is 17.4 Å². The fraction of sp³-hybridized carbons (Fsp3) is 0.571. The third kappa shape index (κ3) is 6.81. The third-order valence-electron chi connectivity index (χ3n) is 2.52. The van der Waals surface area contributed by atoms with Gasteiger partial charge < -0.3 is 24.1 Å². The molecule has 0 bridgehead atoms. The highest BCUT2D eigenvalue weighted by Gasteiger charge is 2.12. The van der Waals surface area contributed by atoms with Crippen LogP contribution in [0.5, 0.6) is 5.75 Å². The van der Waals surface area contributed by atoms with E-state index < -0.39 is 24.0 Å². The molecule has 0 radical (unpaired) electrons. The zero-order valence-electron chi connectivity index (χ0n) is 11.9. The van der Waals surface area contributed by atoms with E-state index in [9.17, 15) is 8.78 Å². The lowest BCUT2D eigenvalue weighted by Gasteiger charge is -2.10. The van der Waals surface area contributed by atoms with Gasteiger partial charge in [-0.3, -0.25) is 0 Å². The molecular formula is C14H20F2O5. The number of ether oxygens (including phenoxy) is 4. The van der Waals surface area contributed by atoms with Crippen molar-refractivity contribution in [3.05, 3.63) is 29.3 Å². The number of methoxy groups -OCH3 is 1. The van der Waals surface area contributed by atoms with Crippen LogP contribution in [0.1, 0.15) is 5.56 Å². The van der Waals surface area contributed by atoms with Crippen molar-refractivity contribution in [3.63, 3.8) is 0 Å². The predicted octanol–water partition coefficient (Wildman–Crippen LogP) is 1.52. The molecule has 0 amide bonds. The van der Waals surface area contributed by atoms with Crippen LogP contribution in [-0.4, -0.2) is 51.9 Å². The van der Waals surface area contributed by atoms with Crippen LogP contribution in [0.4, 0.5) is 8.78 Å². The maximum atomic E-state index is 13.5. The minimum Gasteiger partial charge on any atom is -0.485 e. The quantitative estimate of drug-likeness (QED) is 0.628. The van der Waals surface area contributed by atoms with Crippen LogP contribution in [0.2, 0.25) is 0 Å². The summed E-state index contributed by atoms with van der Waals surface area (Å²) in [5.41, 5.74) is 0.154. The monoisotopic (exact) mass is 306 g/mol. The van der Waals surface area contributed by atoms with E-state index in [0.717, 1.165) is 12.1 Å². The van der Waals surface area contributed by atoms with Gasteiger partial charge in [0.2, 0.25) is 0 Å². The van der Waals surface area contributed by atoms with E-state index in [1.165, 1.54) is 0 Å². The molecule has 5 nitrogen and oxygen atoms in total. The maximum absolute atomic E-state index is 13.5. The molecule has 1 aromatic rings. The van der Waals surface area contributed by atoms with E-state index in [-0.39, 0.29) is 18.8 Å². The van der Waals surface area contributed by atoms with Crippen LogP contribution < -0.4 is 4.74 Å². The molecule has 0 saturated carbocycles. The van der Waals surface area contributed by atoms with E-state index in [1.54, 1.807) is 7.11 Å². The lowest BCUT2D eigenvalue weighted by molar-refractivity contribution is 0.0174. The second-order valence-corrected chi connectivity index (χ2v) is 4.11. The van der Waals surface area contributed by atoms with Crippen molar-refractivity contribution in [2.75, 3.05) is 46.8 Å². The average molecular weight is 306 g/mol. The van der Waals surface area contributed by atoms with Gasteiger partial charge in [-0.1, -0.05) is 0 Å². The summed E-state index contributed by atoms with van der Waals surface area (Å²) in [6.07, 6.45) is 0. The highest BCUT2D eigenvalue weighted by molar-refractivity contribution is 5.31. The summed E-state index contributed by atoms with van der Waals surface area (Å²) in [5, 5.41) is 8.81. The van der Waals surface area contributed by atoms with Crippen molar-refractivity contribution in [2.45, 2.75) is 6.61 Å². The zero-order valence-corrected chi connectivity index (χ0v) is 11.9. The molecule has 0 atom stereocenters. The van der Waals surface area contributed by atoms with Crippen LogP contribution in [-0.2, 0) is 20.8 Å². The smallest absolute Gasteiger partial charge is 0.190 e. The van der Waals surface area contributed by atoms with Gasteiger partial charge >= 0.3 is 0 Å². The molecule has 0 heterocycles. The van der Waals surface area contributed by atoms with Gasteiger partial charge in [0.1, 0.15) is 6.61 Å². The normalized spacial score (nSPS) is 10.9. The molecule has 0 aliphatic carbocycles. The SMILES string of the molecule is COCCOCCOCCOc1c(F)cc(CO)cc1F. The topological polar surface area (TPSA) is 57.2 Å². The van der Waals surface area contributed by atoms with Crippen LogP contribution >= 0.6 is 0 Å². The van der Waals surface area contributed by atoms with Crippen LogP contribution in [0.3, 0.4) is 0 Å². The molecular weight excluding hydrogens is 286 g/mol. The Morgan fingerprint density at radius 2 is 1.43 bits per heavy atom. The molecule has 21 heavy (non-hydrogen) atoms. The number of halogens is 2. The maximum Gasteiger partial charge on any atom is 0.190 e. The van der Waals surface area contributed by atoms with Crippen molar-refractivity contribution in [1.29, 1.82) is 0 Å². The van der Waals surface area contributed by atoms with Gasteiger partial charge in [0.05, 0.1) is 39.6 Å². The largest absolute Gasteiger partial charge is 0.485 e. The first kappa shape index (κ1) is 17.8. The first-order chi connectivity index (χ1) is 10.2. The summed E-state index contributed by atoms with van der Waals surface area (Å²) < 4.78 is 47.1. The second-order valence-electron chi connectivity index (χ2n) is 4.11. The van der Waals surface area contributed by atoms with E-state index in [2.05, 4.69) is 0 Å². The molecule has 1 N–H and O–H groups in total. The molecule has 120 valence electrons. The molecule has 1 rings (SSSR count). The Hall–Kier alpha value is -1.28. The lowest BCUT2D eigenvalue weighted by Crippen LogP contribution is -2.13. The van der Waals surface area contributed by atoms with Crippen molar-refractivity contribution < 1.29 is 32.8 Å². The van der Waals surface area contributed by atoms with E-state index in [4.69, 9.17) is 24.1 Å². The number of aliphatic hydroxyl groups excluding tert-OH is 1. The van der Waals surface area contributed by atoms with Gasteiger partial charge in [-0.15, -0.1) is 0 Å². The number of hydrogen-bond donors (Lipinski definition) is 1. The summed E-state index contributed by atoms with van der Waals surface area (Å²) in [4.78, 5) is 0. The fourth-order valence-electron chi connectivity index (χ4n) is 1.51. The van der Waals surface area contributed by atoms with Crippen LogP contribution in [0.15, 0.2) is 12.1 Å². The standard InChI is InChI=1S/C14H20F2O5/c1-18-2-3-19-4-5-20-6-7-21-14-12(15)8-11(10-17)9-13(14)16/h8-9,17H,2-7,10H2,1H3. The van der Waals surface area contributed by atoms with E-state index in [0.29, 0.717) is 26.4 Å². The molecule has 0 spiro atoms. The summed E-state index contributed by atoms with van der Waals surface area (Å²) in [6.45, 7) is 1.56. The summed E-state index contributed by atoms with van der Waals surface area (Å²) in [5.74, 6) is -2.16.